The van der Waals surface area contributed by atoms with Crippen molar-refractivity contribution in [3.05, 3.63) is 27.5 Å². The van der Waals surface area contributed by atoms with Crippen molar-refractivity contribution in [1.29, 1.82) is 0 Å². The van der Waals surface area contributed by atoms with Crippen molar-refractivity contribution >= 4 is 40.2 Å². The van der Waals surface area contributed by atoms with Crippen LogP contribution in [0.15, 0.2) is 17.5 Å². The van der Waals surface area contributed by atoms with Crippen molar-refractivity contribution in [3.8, 4) is 9.88 Å². The first kappa shape index (κ1) is 10.6. The Morgan fingerprint density at radius 1 is 1.53 bits per heavy atom. The molecule has 1 N–H and O–H groups in total. The summed E-state index contributed by atoms with van der Waals surface area (Å²) in [5.74, 6) is -0.865. The summed E-state index contributed by atoms with van der Waals surface area (Å²) in [6.07, 6.45) is -0.0321. The van der Waals surface area contributed by atoms with Gasteiger partial charge in [-0.1, -0.05) is 11.6 Å². The van der Waals surface area contributed by atoms with E-state index in [2.05, 4.69) is 4.98 Å². The van der Waals surface area contributed by atoms with Crippen LogP contribution < -0.4 is 0 Å². The molecule has 0 aliphatic carbocycles. The second-order valence-electron chi connectivity index (χ2n) is 2.82. The highest BCUT2D eigenvalue weighted by atomic mass is 35.5. The first-order chi connectivity index (χ1) is 7.15. The number of carboxylic acids is 1. The van der Waals surface area contributed by atoms with Gasteiger partial charge in [-0.3, -0.25) is 4.79 Å². The second kappa shape index (κ2) is 4.30. The van der Waals surface area contributed by atoms with E-state index in [0.29, 0.717) is 10.0 Å². The lowest BCUT2D eigenvalue weighted by Crippen LogP contribution is -1.99. The molecule has 0 fully saturated rings. The first-order valence-corrected chi connectivity index (χ1v) is 6.14. The molecule has 15 heavy (non-hydrogen) atoms. The maximum atomic E-state index is 10.5. The Morgan fingerprint density at radius 2 is 2.33 bits per heavy atom. The van der Waals surface area contributed by atoms with Gasteiger partial charge in [0.1, 0.15) is 5.01 Å². The van der Waals surface area contributed by atoms with Gasteiger partial charge in [-0.25, -0.2) is 4.98 Å². The Labute approximate surface area is 99.0 Å². The number of thiophene rings is 1. The van der Waals surface area contributed by atoms with Gasteiger partial charge in [0.2, 0.25) is 0 Å². The molecule has 0 spiro atoms. The van der Waals surface area contributed by atoms with E-state index in [1.807, 2.05) is 6.07 Å². The van der Waals surface area contributed by atoms with E-state index in [1.165, 1.54) is 22.7 Å². The van der Waals surface area contributed by atoms with E-state index in [4.69, 9.17) is 16.7 Å². The molecule has 0 aromatic carbocycles. The van der Waals surface area contributed by atoms with E-state index in [0.717, 1.165) is 9.88 Å². The number of aliphatic carboxylic acids is 1. The largest absolute Gasteiger partial charge is 0.481 e. The lowest BCUT2D eigenvalue weighted by molar-refractivity contribution is -0.136. The highest BCUT2D eigenvalue weighted by molar-refractivity contribution is 7.23. The number of hydrogen-bond acceptors (Lipinski definition) is 4. The summed E-state index contributed by atoms with van der Waals surface area (Å²) in [6.45, 7) is 0. The highest BCUT2D eigenvalue weighted by Crippen LogP contribution is 2.32. The van der Waals surface area contributed by atoms with Gasteiger partial charge in [0.25, 0.3) is 0 Å². The smallest absolute Gasteiger partial charge is 0.309 e. The maximum absolute atomic E-state index is 10.5. The third kappa shape index (κ3) is 2.56. The molecule has 2 heterocycles. The van der Waals surface area contributed by atoms with Crippen molar-refractivity contribution in [2.24, 2.45) is 0 Å². The average molecular weight is 260 g/mol. The Hall–Kier alpha value is -0.910. The molecule has 3 nitrogen and oxygen atoms in total. The van der Waals surface area contributed by atoms with Crippen molar-refractivity contribution in [2.45, 2.75) is 6.42 Å². The van der Waals surface area contributed by atoms with Crippen LogP contribution in [0.4, 0.5) is 0 Å². The zero-order valence-corrected chi connectivity index (χ0v) is 9.83. The molecule has 0 saturated heterocycles. The number of carboxylic acid groups (broad SMARTS) is 1. The number of aromatic nitrogens is 1. The molecule has 0 atom stereocenters. The summed E-state index contributed by atoms with van der Waals surface area (Å²) < 4.78 is 0.708. The van der Waals surface area contributed by atoms with Gasteiger partial charge in [0, 0.05) is 5.38 Å². The SMILES string of the molecule is O=C(O)Cc1csc(-c2ccc(Cl)s2)n1. The van der Waals surface area contributed by atoms with Crippen molar-refractivity contribution in [3.63, 3.8) is 0 Å². The zero-order chi connectivity index (χ0) is 10.8. The minimum absolute atomic E-state index is 0.0321. The zero-order valence-electron chi connectivity index (χ0n) is 7.44. The number of rotatable bonds is 3. The van der Waals surface area contributed by atoms with E-state index in [-0.39, 0.29) is 6.42 Å². The molecular formula is C9H6ClNO2S2. The molecule has 6 heteroatoms. The van der Waals surface area contributed by atoms with Crippen LogP contribution in [0, 0.1) is 0 Å². The van der Waals surface area contributed by atoms with Gasteiger partial charge in [0.05, 0.1) is 21.3 Å². The molecule has 0 bridgehead atoms. The number of hydrogen-bond donors (Lipinski definition) is 1. The molecule has 0 aliphatic heterocycles. The van der Waals surface area contributed by atoms with Crippen LogP contribution in [-0.4, -0.2) is 16.1 Å². The summed E-state index contributed by atoms with van der Waals surface area (Å²) in [6, 6.07) is 3.69. The van der Waals surface area contributed by atoms with Crippen LogP contribution in [0.3, 0.4) is 0 Å². The van der Waals surface area contributed by atoms with E-state index < -0.39 is 5.97 Å². The Kier molecular flexibility index (Phi) is 3.04. The number of nitrogens with zero attached hydrogens (tertiary/aromatic N) is 1. The molecule has 0 aliphatic rings. The quantitative estimate of drug-likeness (QED) is 0.921. The molecular weight excluding hydrogens is 254 g/mol. The summed E-state index contributed by atoms with van der Waals surface area (Å²) in [4.78, 5) is 15.7. The van der Waals surface area contributed by atoms with Crippen LogP contribution in [0.25, 0.3) is 9.88 Å². The van der Waals surface area contributed by atoms with Crippen molar-refractivity contribution in [1.82, 2.24) is 4.98 Å². The Balaban J connectivity index is 2.23. The van der Waals surface area contributed by atoms with E-state index in [9.17, 15) is 4.79 Å². The maximum Gasteiger partial charge on any atom is 0.309 e. The van der Waals surface area contributed by atoms with Crippen LogP contribution in [0.5, 0.6) is 0 Å². The Morgan fingerprint density at radius 3 is 2.93 bits per heavy atom. The summed E-state index contributed by atoms with van der Waals surface area (Å²) >= 11 is 8.68. The fraction of sp³-hybridized carbons (Fsp3) is 0.111. The van der Waals surface area contributed by atoms with Crippen LogP contribution in [0.1, 0.15) is 5.69 Å². The topological polar surface area (TPSA) is 50.2 Å². The molecule has 0 radical (unpaired) electrons. The minimum atomic E-state index is -0.865. The van der Waals surface area contributed by atoms with Gasteiger partial charge >= 0.3 is 5.97 Å². The summed E-state index contributed by atoms with van der Waals surface area (Å²) in [5, 5.41) is 11.2. The molecule has 0 saturated carbocycles. The summed E-state index contributed by atoms with van der Waals surface area (Å²) in [7, 11) is 0. The normalized spacial score (nSPS) is 10.5. The molecule has 2 aromatic rings. The highest BCUT2D eigenvalue weighted by Gasteiger charge is 2.09. The first-order valence-electron chi connectivity index (χ1n) is 4.07. The van der Waals surface area contributed by atoms with Gasteiger partial charge < -0.3 is 5.11 Å². The number of carbonyl (C=O) groups is 1. The summed E-state index contributed by atoms with van der Waals surface area (Å²) in [5.41, 5.74) is 0.590. The monoisotopic (exact) mass is 259 g/mol. The van der Waals surface area contributed by atoms with Crippen LogP contribution in [0.2, 0.25) is 4.34 Å². The van der Waals surface area contributed by atoms with Crippen molar-refractivity contribution in [2.75, 3.05) is 0 Å². The predicted molar refractivity (Wildman–Crippen MR) is 61.8 cm³/mol. The predicted octanol–water partition coefficient (Wildman–Crippen LogP) is 3.15. The number of thiazole rings is 1. The van der Waals surface area contributed by atoms with Gasteiger partial charge in [-0.05, 0) is 12.1 Å². The second-order valence-corrected chi connectivity index (χ2v) is 5.39. The van der Waals surface area contributed by atoms with Gasteiger partial charge in [-0.2, -0.15) is 0 Å². The van der Waals surface area contributed by atoms with Crippen LogP contribution >= 0.6 is 34.3 Å². The van der Waals surface area contributed by atoms with Gasteiger partial charge in [-0.15, -0.1) is 22.7 Å². The molecule has 2 rings (SSSR count). The van der Waals surface area contributed by atoms with Crippen molar-refractivity contribution < 1.29 is 9.90 Å². The standard InChI is InChI=1S/C9H6ClNO2S2/c10-7-2-1-6(15-7)9-11-5(4-14-9)3-8(12)13/h1-2,4H,3H2,(H,12,13). The molecule has 0 amide bonds. The van der Waals surface area contributed by atoms with E-state index in [1.54, 1.807) is 11.4 Å². The lowest BCUT2D eigenvalue weighted by atomic mass is 10.3. The Bertz CT molecular complexity index is 492. The minimum Gasteiger partial charge on any atom is -0.481 e. The third-order valence-corrected chi connectivity index (χ3v) is 3.96. The molecule has 78 valence electrons. The van der Waals surface area contributed by atoms with E-state index >= 15 is 0 Å². The average Bonchev–Trinajstić information content (AvgIpc) is 2.72. The lowest BCUT2D eigenvalue weighted by Gasteiger charge is -1.88. The third-order valence-electron chi connectivity index (χ3n) is 1.67. The number of halogens is 1. The molecule has 2 aromatic heterocycles. The van der Waals surface area contributed by atoms with Gasteiger partial charge in [0.15, 0.2) is 0 Å². The fourth-order valence-corrected chi connectivity index (χ4v) is 3.02. The van der Waals surface area contributed by atoms with Crippen LogP contribution in [-0.2, 0) is 11.2 Å². The molecule has 0 unspecified atom stereocenters. The fourth-order valence-electron chi connectivity index (χ4n) is 1.09.